The second-order valence-electron chi connectivity index (χ2n) is 6.89. The summed E-state index contributed by atoms with van der Waals surface area (Å²) in [6, 6.07) is 5.37. The number of carbonyl (C=O) groups is 1. The van der Waals surface area contributed by atoms with Crippen molar-refractivity contribution in [2.24, 2.45) is 0 Å². The number of esters is 1. The van der Waals surface area contributed by atoms with E-state index in [1.54, 1.807) is 32.2 Å². The van der Waals surface area contributed by atoms with Crippen LogP contribution in [-0.2, 0) is 16.1 Å². The molecule has 3 aromatic heterocycles. The van der Waals surface area contributed by atoms with Crippen molar-refractivity contribution in [3.05, 3.63) is 52.0 Å². The third kappa shape index (κ3) is 3.92. The summed E-state index contributed by atoms with van der Waals surface area (Å²) in [6.45, 7) is 3.64. The molecule has 4 aromatic rings. The Morgan fingerprint density at radius 3 is 2.71 bits per heavy atom. The fraction of sp³-hybridized carbons (Fsp3) is 0.250. The van der Waals surface area contributed by atoms with E-state index < -0.39 is 10.9 Å². The zero-order valence-corrected chi connectivity index (χ0v) is 17.7. The van der Waals surface area contributed by atoms with Crippen molar-refractivity contribution in [2.45, 2.75) is 26.6 Å². The summed E-state index contributed by atoms with van der Waals surface area (Å²) in [5.41, 5.74) is 2.14. The van der Waals surface area contributed by atoms with Crippen LogP contribution in [0.15, 0.2) is 30.6 Å². The highest BCUT2D eigenvalue weighted by Crippen LogP contribution is 2.39. The lowest BCUT2D eigenvalue weighted by Crippen LogP contribution is -2.15. The molecule has 3 heterocycles. The van der Waals surface area contributed by atoms with Gasteiger partial charge in [0.2, 0.25) is 0 Å². The first-order valence-electron chi connectivity index (χ1n) is 9.29. The van der Waals surface area contributed by atoms with Crippen LogP contribution in [-0.4, -0.2) is 39.1 Å². The Morgan fingerprint density at radius 2 is 2.03 bits per heavy atom. The summed E-state index contributed by atoms with van der Waals surface area (Å²) >= 11 is 0.828. The lowest BCUT2D eigenvalue weighted by molar-refractivity contribution is -0.380. The van der Waals surface area contributed by atoms with E-state index in [1.807, 2.05) is 6.07 Å². The van der Waals surface area contributed by atoms with Gasteiger partial charge in [-0.2, -0.15) is 0 Å². The molecular weight excluding hydrogens is 424 g/mol. The van der Waals surface area contributed by atoms with Crippen LogP contribution < -0.4 is 4.74 Å². The minimum absolute atomic E-state index is 0.121. The molecule has 0 spiro atoms. The van der Waals surface area contributed by atoms with Gasteiger partial charge in [0, 0.05) is 18.1 Å². The predicted molar refractivity (Wildman–Crippen MR) is 114 cm³/mol. The normalized spacial score (nSPS) is 11.4. The third-order valence-corrected chi connectivity index (χ3v) is 5.23. The molecule has 4 rings (SSSR count). The predicted octanol–water partition coefficient (Wildman–Crippen LogP) is 4.58. The van der Waals surface area contributed by atoms with E-state index in [0.29, 0.717) is 27.6 Å². The molecule has 1 N–H and O–H groups in total. The van der Waals surface area contributed by atoms with E-state index >= 15 is 0 Å². The van der Waals surface area contributed by atoms with Crippen molar-refractivity contribution < 1.29 is 23.9 Å². The van der Waals surface area contributed by atoms with Crippen LogP contribution in [0.4, 0.5) is 5.00 Å². The van der Waals surface area contributed by atoms with E-state index in [2.05, 4.69) is 15.0 Å². The highest BCUT2D eigenvalue weighted by Gasteiger charge is 2.23. The van der Waals surface area contributed by atoms with Gasteiger partial charge in [0.15, 0.2) is 5.69 Å². The largest absolute Gasteiger partial charge is 0.458 e. The molecule has 0 saturated heterocycles. The van der Waals surface area contributed by atoms with Gasteiger partial charge in [0.1, 0.15) is 11.9 Å². The van der Waals surface area contributed by atoms with Crippen molar-refractivity contribution in [1.82, 2.24) is 15.0 Å². The maximum atomic E-state index is 12.6. The van der Waals surface area contributed by atoms with Gasteiger partial charge in [-0.25, -0.2) is 14.8 Å². The number of rotatable bonds is 7. The maximum Gasteiger partial charge on any atom is 0.357 e. The number of thiazole rings is 1. The summed E-state index contributed by atoms with van der Waals surface area (Å²) in [4.78, 5) is 34.6. The van der Waals surface area contributed by atoms with Crippen LogP contribution in [0.25, 0.3) is 21.8 Å². The summed E-state index contributed by atoms with van der Waals surface area (Å²) in [7, 11) is 1.53. The SMILES string of the molecule is COCc1c(C(=O)OC(C)C)ncc2[nH]c3cccc(Oc4ncc([N+](=O)[O-])s4)c3c12. The number of hydrogen-bond donors (Lipinski definition) is 1. The van der Waals surface area contributed by atoms with Crippen LogP contribution in [0.5, 0.6) is 10.9 Å². The Labute approximate surface area is 179 Å². The first kappa shape index (κ1) is 20.7. The first-order chi connectivity index (χ1) is 14.9. The molecule has 0 aliphatic rings. The van der Waals surface area contributed by atoms with Gasteiger partial charge >= 0.3 is 11.0 Å². The molecule has 0 bridgehead atoms. The van der Waals surface area contributed by atoms with Crippen molar-refractivity contribution >= 4 is 44.1 Å². The van der Waals surface area contributed by atoms with E-state index in [9.17, 15) is 14.9 Å². The minimum Gasteiger partial charge on any atom is -0.458 e. The molecule has 1 aromatic carbocycles. The van der Waals surface area contributed by atoms with Crippen LogP contribution >= 0.6 is 11.3 Å². The smallest absolute Gasteiger partial charge is 0.357 e. The molecule has 31 heavy (non-hydrogen) atoms. The molecule has 0 saturated carbocycles. The molecule has 0 amide bonds. The zero-order chi connectivity index (χ0) is 22.1. The van der Waals surface area contributed by atoms with Crippen molar-refractivity contribution in [1.29, 1.82) is 0 Å². The number of fused-ring (bicyclic) bond motifs is 3. The Balaban J connectivity index is 1.91. The topological polar surface area (TPSA) is 129 Å². The second-order valence-corrected chi connectivity index (χ2v) is 7.86. The standard InChI is InChI=1S/C20H18N4O6S/c1-10(2)29-19(25)18-11(9-28-3)16-13(7-21-18)23-12-5-4-6-14(17(12)16)30-20-22-8-15(31-20)24(26)27/h4-8,10,23H,9H2,1-3H3. The molecule has 10 nitrogen and oxygen atoms in total. The molecule has 0 radical (unpaired) electrons. The number of methoxy groups -OCH3 is 1. The number of aromatic amines is 1. The first-order valence-corrected chi connectivity index (χ1v) is 10.1. The number of H-pyrrole nitrogens is 1. The van der Waals surface area contributed by atoms with Gasteiger partial charge in [-0.05, 0) is 37.3 Å². The summed E-state index contributed by atoms with van der Waals surface area (Å²) < 4.78 is 16.6. The molecule has 0 aliphatic heterocycles. The van der Waals surface area contributed by atoms with Crippen LogP contribution in [0.3, 0.4) is 0 Å². The summed E-state index contributed by atoms with van der Waals surface area (Å²) in [5, 5.41) is 12.4. The van der Waals surface area contributed by atoms with Gasteiger partial charge < -0.3 is 19.2 Å². The number of nitro groups is 1. The van der Waals surface area contributed by atoms with Gasteiger partial charge in [0.25, 0.3) is 5.19 Å². The monoisotopic (exact) mass is 442 g/mol. The van der Waals surface area contributed by atoms with Gasteiger partial charge in [0.05, 0.1) is 40.3 Å². The fourth-order valence-corrected chi connectivity index (χ4v) is 3.86. The minimum atomic E-state index is -0.549. The number of ether oxygens (including phenoxy) is 3. The number of hydrogen-bond acceptors (Lipinski definition) is 9. The number of pyridine rings is 1. The molecule has 160 valence electrons. The fourth-order valence-electron chi connectivity index (χ4n) is 3.26. The highest BCUT2D eigenvalue weighted by molar-refractivity contribution is 7.16. The Morgan fingerprint density at radius 1 is 1.23 bits per heavy atom. The van der Waals surface area contributed by atoms with Crippen LogP contribution in [0, 0.1) is 10.1 Å². The van der Waals surface area contributed by atoms with Gasteiger partial charge in [-0.3, -0.25) is 10.1 Å². The molecule has 0 aliphatic carbocycles. The Hall–Kier alpha value is -3.57. The van der Waals surface area contributed by atoms with E-state index in [4.69, 9.17) is 14.2 Å². The maximum absolute atomic E-state index is 12.6. The van der Waals surface area contributed by atoms with E-state index in [-0.39, 0.29) is 28.6 Å². The quantitative estimate of drug-likeness (QED) is 0.250. The number of nitrogens with zero attached hydrogens (tertiary/aromatic N) is 3. The molecular formula is C20H18N4O6S. The van der Waals surface area contributed by atoms with Gasteiger partial charge in [-0.15, -0.1) is 0 Å². The number of benzene rings is 1. The zero-order valence-electron chi connectivity index (χ0n) is 16.9. The molecule has 0 unspecified atom stereocenters. The lowest BCUT2D eigenvalue weighted by Gasteiger charge is -2.12. The van der Waals surface area contributed by atoms with Crippen LogP contribution in [0.1, 0.15) is 29.9 Å². The number of aromatic nitrogens is 3. The highest BCUT2D eigenvalue weighted by atomic mass is 32.1. The summed E-state index contributed by atoms with van der Waals surface area (Å²) in [6.07, 6.45) is 2.40. The second kappa shape index (κ2) is 8.28. The van der Waals surface area contributed by atoms with Crippen molar-refractivity contribution in [3.8, 4) is 10.9 Å². The van der Waals surface area contributed by atoms with E-state index in [0.717, 1.165) is 23.1 Å². The number of nitrogens with one attached hydrogen (secondary N) is 1. The molecule has 0 fully saturated rings. The third-order valence-electron chi connectivity index (χ3n) is 4.40. The average Bonchev–Trinajstić information content (AvgIpc) is 3.33. The van der Waals surface area contributed by atoms with Gasteiger partial charge in [-0.1, -0.05) is 6.07 Å². The molecule has 0 atom stereocenters. The Bertz CT molecular complexity index is 1300. The number of carbonyl (C=O) groups excluding carboxylic acids is 1. The van der Waals surface area contributed by atoms with Crippen molar-refractivity contribution in [2.75, 3.05) is 7.11 Å². The lowest BCUT2D eigenvalue weighted by atomic mass is 10.0. The average molecular weight is 442 g/mol. The summed E-state index contributed by atoms with van der Waals surface area (Å²) in [5.74, 6) is -0.119. The van der Waals surface area contributed by atoms with E-state index in [1.165, 1.54) is 7.11 Å². The molecule has 11 heteroatoms. The van der Waals surface area contributed by atoms with Crippen molar-refractivity contribution in [3.63, 3.8) is 0 Å². The van der Waals surface area contributed by atoms with Crippen LogP contribution in [0.2, 0.25) is 0 Å². The Kier molecular flexibility index (Phi) is 5.53.